The van der Waals surface area contributed by atoms with Crippen LogP contribution in [0.1, 0.15) is 18.9 Å². The van der Waals surface area contributed by atoms with Gasteiger partial charge in [0.05, 0.1) is 11.5 Å². The summed E-state index contributed by atoms with van der Waals surface area (Å²) in [6.45, 7) is -0.0373. The minimum Gasteiger partial charge on any atom is -0.435 e. The van der Waals surface area contributed by atoms with Crippen molar-refractivity contribution in [2.75, 3.05) is 26.3 Å². The molecular formula is C18H20F2N2O5S. The molecule has 0 bridgehead atoms. The van der Waals surface area contributed by atoms with Crippen LogP contribution >= 0.6 is 11.8 Å². The van der Waals surface area contributed by atoms with Crippen molar-refractivity contribution in [1.82, 2.24) is 10.2 Å². The minimum atomic E-state index is -2.91. The first kappa shape index (κ1) is 21.8. The Balaban J connectivity index is 1.88. The number of rotatable bonds is 10. The number of carbonyl (C=O) groups is 3. The highest BCUT2D eigenvalue weighted by atomic mass is 32.2. The number of alkyl halides is 2. The van der Waals surface area contributed by atoms with Crippen LogP contribution in [0, 0.1) is 0 Å². The molecule has 0 atom stereocenters. The molecule has 1 fully saturated rings. The van der Waals surface area contributed by atoms with E-state index in [1.165, 1.54) is 30.3 Å². The fraction of sp³-hybridized carbons (Fsp3) is 0.389. The quantitative estimate of drug-likeness (QED) is 0.468. The van der Waals surface area contributed by atoms with Gasteiger partial charge >= 0.3 is 6.61 Å². The molecule has 1 saturated heterocycles. The first-order valence-electron chi connectivity index (χ1n) is 8.55. The summed E-state index contributed by atoms with van der Waals surface area (Å²) in [5.41, 5.74) is 0.566. The second-order valence-electron chi connectivity index (χ2n) is 5.58. The van der Waals surface area contributed by atoms with Gasteiger partial charge in [0.2, 0.25) is 5.91 Å². The lowest BCUT2D eigenvalue weighted by atomic mass is 10.2. The van der Waals surface area contributed by atoms with E-state index in [1.807, 2.05) is 6.92 Å². The molecular weight excluding hydrogens is 394 g/mol. The number of nitrogens with zero attached hydrogens (tertiary/aromatic N) is 1. The van der Waals surface area contributed by atoms with E-state index in [9.17, 15) is 23.2 Å². The number of benzene rings is 1. The predicted molar refractivity (Wildman–Crippen MR) is 99.9 cm³/mol. The summed E-state index contributed by atoms with van der Waals surface area (Å²) in [4.78, 5) is 37.3. The number of halogens is 2. The molecule has 1 aliphatic rings. The number of imide groups is 1. The monoisotopic (exact) mass is 414 g/mol. The van der Waals surface area contributed by atoms with Crippen LogP contribution in [0.5, 0.6) is 5.75 Å². The Morgan fingerprint density at radius 2 is 2.00 bits per heavy atom. The van der Waals surface area contributed by atoms with Crippen molar-refractivity contribution >= 4 is 34.9 Å². The van der Waals surface area contributed by atoms with Crippen molar-refractivity contribution in [2.45, 2.75) is 20.0 Å². The average molecular weight is 414 g/mol. The zero-order valence-electron chi connectivity index (χ0n) is 15.2. The molecule has 3 amide bonds. The van der Waals surface area contributed by atoms with Crippen molar-refractivity contribution < 1.29 is 32.6 Å². The molecule has 1 aliphatic heterocycles. The molecule has 28 heavy (non-hydrogen) atoms. The standard InChI is InChI=1S/C18H20F2N2O5S/c1-2-26-10-7-15(23)21-8-9-22-16(24)14(28-18(22)25)11-12-3-5-13(6-4-12)27-17(19)20/h3-6,11,17H,2,7-10H2,1H3,(H,21,23)/b14-11+. The lowest BCUT2D eigenvalue weighted by Crippen LogP contribution is -2.37. The molecule has 10 heteroatoms. The van der Waals surface area contributed by atoms with E-state index in [0.29, 0.717) is 18.8 Å². The van der Waals surface area contributed by atoms with Crippen molar-refractivity contribution in [3.63, 3.8) is 0 Å². The smallest absolute Gasteiger partial charge is 0.387 e. The maximum Gasteiger partial charge on any atom is 0.387 e. The maximum absolute atomic E-state index is 12.4. The molecule has 1 N–H and O–H groups in total. The number of hydrogen-bond acceptors (Lipinski definition) is 6. The molecule has 0 unspecified atom stereocenters. The summed E-state index contributed by atoms with van der Waals surface area (Å²) in [7, 11) is 0. The Labute approximate surface area is 165 Å². The van der Waals surface area contributed by atoms with Crippen LogP contribution in [0.25, 0.3) is 6.08 Å². The Morgan fingerprint density at radius 1 is 1.29 bits per heavy atom. The van der Waals surface area contributed by atoms with Gasteiger partial charge < -0.3 is 14.8 Å². The fourth-order valence-corrected chi connectivity index (χ4v) is 3.16. The molecule has 0 aromatic heterocycles. The highest BCUT2D eigenvalue weighted by molar-refractivity contribution is 8.18. The van der Waals surface area contributed by atoms with Crippen LogP contribution in [0.2, 0.25) is 0 Å². The van der Waals surface area contributed by atoms with Gasteiger partial charge in [0.25, 0.3) is 11.1 Å². The van der Waals surface area contributed by atoms with Gasteiger partial charge in [-0.25, -0.2) is 0 Å². The third kappa shape index (κ3) is 6.61. The SMILES string of the molecule is CCOCCC(=O)NCCN1C(=O)S/C(=C/c2ccc(OC(F)F)cc2)C1=O. The predicted octanol–water partition coefficient (Wildman–Crippen LogP) is 2.87. The highest BCUT2D eigenvalue weighted by Crippen LogP contribution is 2.32. The Hall–Kier alpha value is -2.46. The summed E-state index contributed by atoms with van der Waals surface area (Å²) in [5, 5.41) is 2.19. The van der Waals surface area contributed by atoms with Gasteiger partial charge in [0, 0.05) is 26.1 Å². The molecule has 152 valence electrons. The van der Waals surface area contributed by atoms with E-state index in [0.717, 1.165) is 16.7 Å². The number of ether oxygens (including phenoxy) is 2. The van der Waals surface area contributed by atoms with Crippen LogP contribution in [-0.4, -0.2) is 54.9 Å². The zero-order chi connectivity index (χ0) is 20.5. The molecule has 0 radical (unpaired) electrons. The molecule has 1 heterocycles. The number of hydrogen-bond donors (Lipinski definition) is 1. The van der Waals surface area contributed by atoms with Gasteiger partial charge in [-0.3, -0.25) is 19.3 Å². The Kier molecular flexibility index (Phi) is 8.40. The second kappa shape index (κ2) is 10.8. The van der Waals surface area contributed by atoms with Crippen LogP contribution in [0.15, 0.2) is 29.2 Å². The van der Waals surface area contributed by atoms with Crippen LogP contribution < -0.4 is 10.1 Å². The van der Waals surface area contributed by atoms with Gasteiger partial charge in [0.1, 0.15) is 5.75 Å². The minimum absolute atomic E-state index is 0.000308. The molecule has 2 rings (SSSR count). The summed E-state index contributed by atoms with van der Waals surface area (Å²) in [6, 6.07) is 5.70. The summed E-state index contributed by atoms with van der Waals surface area (Å²) >= 11 is 0.782. The van der Waals surface area contributed by atoms with E-state index in [1.54, 1.807) is 0 Å². The normalized spacial score (nSPS) is 15.6. The van der Waals surface area contributed by atoms with E-state index in [2.05, 4.69) is 10.1 Å². The van der Waals surface area contributed by atoms with E-state index in [4.69, 9.17) is 4.74 Å². The van der Waals surface area contributed by atoms with Gasteiger partial charge in [-0.15, -0.1) is 0 Å². The van der Waals surface area contributed by atoms with Gasteiger partial charge in [-0.1, -0.05) is 12.1 Å². The molecule has 0 spiro atoms. The molecule has 0 aliphatic carbocycles. The fourth-order valence-electron chi connectivity index (χ4n) is 2.29. The van der Waals surface area contributed by atoms with E-state index >= 15 is 0 Å². The summed E-state index contributed by atoms with van der Waals surface area (Å²) in [5.74, 6) is -0.686. The topological polar surface area (TPSA) is 84.9 Å². The zero-order valence-corrected chi connectivity index (χ0v) is 16.0. The third-order valence-corrected chi connectivity index (χ3v) is 4.52. The largest absolute Gasteiger partial charge is 0.435 e. The maximum atomic E-state index is 12.4. The highest BCUT2D eigenvalue weighted by Gasteiger charge is 2.34. The first-order chi connectivity index (χ1) is 13.4. The Bertz CT molecular complexity index is 740. The second-order valence-corrected chi connectivity index (χ2v) is 6.57. The molecule has 1 aromatic carbocycles. The lowest BCUT2D eigenvalue weighted by Gasteiger charge is -2.13. The summed E-state index contributed by atoms with van der Waals surface area (Å²) < 4.78 is 33.7. The van der Waals surface area contributed by atoms with Gasteiger partial charge in [-0.05, 0) is 42.5 Å². The average Bonchev–Trinajstić information content (AvgIpc) is 2.90. The molecule has 7 nitrogen and oxygen atoms in total. The van der Waals surface area contributed by atoms with E-state index in [-0.39, 0.29) is 36.1 Å². The number of amides is 3. The third-order valence-electron chi connectivity index (χ3n) is 3.61. The van der Waals surface area contributed by atoms with E-state index < -0.39 is 17.8 Å². The number of thioether (sulfide) groups is 1. The molecule has 0 saturated carbocycles. The summed E-state index contributed by atoms with van der Waals surface area (Å²) in [6.07, 6.45) is 1.71. The number of nitrogens with one attached hydrogen (secondary N) is 1. The lowest BCUT2D eigenvalue weighted by molar-refractivity contribution is -0.124. The van der Waals surface area contributed by atoms with Gasteiger partial charge in [0.15, 0.2) is 0 Å². The van der Waals surface area contributed by atoms with Crippen molar-refractivity contribution in [3.8, 4) is 5.75 Å². The van der Waals surface area contributed by atoms with Crippen LogP contribution in [-0.2, 0) is 14.3 Å². The number of carbonyl (C=O) groups excluding carboxylic acids is 3. The van der Waals surface area contributed by atoms with Crippen LogP contribution in [0.4, 0.5) is 13.6 Å². The van der Waals surface area contributed by atoms with Crippen molar-refractivity contribution in [1.29, 1.82) is 0 Å². The van der Waals surface area contributed by atoms with Crippen molar-refractivity contribution in [3.05, 3.63) is 34.7 Å². The Morgan fingerprint density at radius 3 is 2.64 bits per heavy atom. The van der Waals surface area contributed by atoms with Gasteiger partial charge in [-0.2, -0.15) is 8.78 Å². The molecule has 1 aromatic rings. The first-order valence-corrected chi connectivity index (χ1v) is 9.37. The van der Waals surface area contributed by atoms with Crippen LogP contribution in [0.3, 0.4) is 0 Å². The van der Waals surface area contributed by atoms with Crippen molar-refractivity contribution in [2.24, 2.45) is 0 Å².